The van der Waals surface area contributed by atoms with Crippen LogP contribution in [0, 0.1) is 0 Å². The van der Waals surface area contributed by atoms with E-state index in [1.54, 1.807) is 0 Å². The lowest BCUT2D eigenvalue weighted by Crippen LogP contribution is -2.04. The van der Waals surface area contributed by atoms with E-state index in [0.29, 0.717) is 0 Å². The Morgan fingerprint density at radius 1 is 0.688 bits per heavy atom. The quantitative estimate of drug-likeness (QED) is 0.339. The molecule has 156 valence electrons. The van der Waals surface area contributed by atoms with Crippen LogP contribution < -0.4 is 5.32 Å². The highest BCUT2D eigenvalue weighted by atomic mass is 32.2. The van der Waals surface area contributed by atoms with Crippen molar-refractivity contribution in [3.05, 3.63) is 121 Å². The van der Waals surface area contributed by atoms with Gasteiger partial charge in [-0.2, -0.15) is 0 Å². The number of nitrogens with zero attached hydrogens (tertiary/aromatic N) is 1. The van der Waals surface area contributed by atoms with Crippen molar-refractivity contribution in [2.75, 3.05) is 17.6 Å². The molecular weight excluding hydrogens is 408 g/mol. The Morgan fingerprint density at radius 3 is 1.78 bits per heavy atom. The van der Waals surface area contributed by atoms with Crippen LogP contribution in [-0.4, -0.2) is 17.3 Å². The minimum Gasteiger partial charge on any atom is -0.354 e. The van der Waals surface area contributed by atoms with Crippen molar-refractivity contribution in [1.82, 2.24) is 0 Å². The molecule has 0 saturated carbocycles. The van der Waals surface area contributed by atoms with Crippen molar-refractivity contribution in [2.24, 2.45) is 4.99 Å². The fraction of sp³-hybridized carbons (Fsp3) is 0.0690. The smallest absolute Gasteiger partial charge is 0.0926 e. The van der Waals surface area contributed by atoms with Gasteiger partial charge in [-0.05, 0) is 22.8 Å². The molecular formula is C29H24N2S. The molecule has 4 aromatic carbocycles. The van der Waals surface area contributed by atoms with Crippen molar-refractivity contribution >= 4 is 28.2 Å². The summed E-state index contributed by atoms with van der Waals surface area (Å²) in [5.41, 5.74) is 8.03. The van der Waals surface area contributed by atoms with E-state index in [1.165, 1.54) is 22.3 Å². The van der Waals surface area contributed by atoms with Gasteiger partial charge in [0.05, 0.1) is 10.7 Å². The molecule has 4 aromatic rings. The predicted octanol–water partition coefficient (Wildman–Crippen LogP) is 7.62. The van der Waals surface area contributed by atoms with Gasteiger partial charge in [0.2, 0.25) is 0 Å². The van der Waals surface area contributed by atoms with Gasteiger partial charge in [-0.25, -0.2) is 0 Å². The second kappa shape index (κ2) is 9.71. The lowest BCUT2D eigenvalue weighted by molar-refractivity contribution is 1.18. The first-order chi connectivity index (χ1) is 15.9. The summed E-state index contributed by atoms with van der Waals surface area (Å²) in [4.78, 5) is 4.67. The molecule has 2 nitrogen and oxygen atoms in total. The van der Waals surface area contributed by atoms with Crippen molar-refractivity contribution in [2.45, 2.75) is 0 Å². The number of benzene rings is 4. The molecule has 1 N–H and O–H groups in total. The van der Waals surface area contributed by atoms with E-state index >= 15 is 0 Å². The van der Waals surface area contributed by atoms with Gasteiger partial charge in [-0.15, -0.1) is 11.8 Å². The molecule has 0 aliphatic carbocycles. The zero-order valence-electron chi connectivity index (χ0n) is 17.7. The summed E-state index contributed by atoms with van der Waals surface area (Å²) in [7, 11) is 0. The minimum atomic E-state index is 0.883. The van der Waals surface area contributed by atoms with Crippen molar-refractivity contribution in [3.8, 4) is 22.3 Å². The van der Waals surface area contributed by atoms with Gasteiger partial charge < -0.3 is 5.32 Å². The Balaban J connectivity index is 1.68. The summed E-state index contributed by atoms with van der Waals surface area (Å²) < 4.78 is 0. The molecule has 0 atom stereocenters. The van der Waals surface area contributed by atoms with Gasteiger partial charge in [0.15, 0.2) is 0 Å². The highest BCUT2D eigenvalue weighted by molar-refractivity contribution is 8.14. The summed E-state index contributed by atoms with van der Waals surface area (Å²) in [6.45, 7) is 0.883. The molecule has 0 spiro atoms. The van der Waals surface area contributed by atoms with Gasteiger partial charge in [0.25, 0.3) is 0 Å². The standard InChI is InChI=1S/C29H24N2S/c1-4-11-22(12-5-1)25-17-10-18-26(23-13-6-2-7-14-23)29(25)31-27(21-28-30-19-20-32-28)24-15-8-3-9-16-24/h1-18,21,31H,19-20H2. The molecule has 32 heavy (non-hydrogen) atoms. The van der Waals surface area contributed by atoms with Gasteiger partial charge in [0.1, 0.15) is 0 Å². The van der Waals surface area contributed by atoms with Crippen LogP contribution in [-0.2, 0) is 0 Å². The number of rotatable bonds is 6. The van der Waals surface area contributed by atoms with Gasteiger partial charge in [0, 0.05) is 29.1 Å². The number of anilines is 1. The van der Waals surface area contributed by atoms with Crippen LogP contribution in [0.5, 0.6) is 0 Å². The molecule has 1 aliphatic heterocycles. The molecule has 5 rings (SSSR count). The summed E-state index contributed by atoms with van der Waals surface area (Å²) in [5.74, 6) is 1.05. The average Bonchev–Trinajstić information content (AvgIpc) is 3.38. The predicted molar refractivity (Wildman–Crippen MR) is 140 cm³/mol. The van der Waals surface area contributed by atoms with Gasteiger partial charge in [-0.1, -0.05) is 109 Å². The maximum absolute atomic E-state index is 4.67. The second-order valence-corrected chi connectivity index (χ2v) is 8.69. The number of hydrogen-bond acceptors (Lipinski definition) is 3. The van der Waals surface area contributed by atoms with Crippen molar-refractivity contribution in [1.29, 1.82) is 0 Å². The van der Waals surface area contributed by atoms with E-state index in [2.05, 4.69) is 126 Å². The Morgan fingerprint density at radius 2 is 1.25 bits per heavy atom. The second-order valence-electron chi connectivity index (χ2n) is 7.58. The van der Waals surface area contributed by atoms with Crippen LogP contribution in [0.4, 0.5) is 5.69 Å². The third-order valence-corrected chi connectivity index (χ3v) is 6.38. The molecule has 0 bridgehead atoms. The van der Waals surface area contributed by atoms with E-state index in [4.69, 9.17) is 0 Å². The SMILES string of the molecule is C(=C(Nc1c(-c2ccccc2)cccc1-c1ccccc1)c1ccccc1)C1=NCCS1. The monoisotopic (exact) mass is 432 g/mol. The average molecular weight is 433 g/mol. The van der Waals surface area contributed by atoms with E-state index in [1.807, 2.05) is 11.8 Å². The maximum Gasteiger partial charge on any atom is 0.0926 e. The summed E-state index contributed by atoms with van der Waals surface area (Å²) >= 11 is 1.81. The number of hydrogen-bond donors (Lipinski definition) is 1. The third-order valence-electron chi connectivity index (χ3n) is 5.46. The first-order valence-corrected chi connectivity index (χ1v) is 11.8. The highest BCUT2D eigenvalue weighted by Crippen LogP contribution is 2.39. The molecule has 0 saturated heterocycles. The molecule has 0 radical (unpaired) electrons. The van der Waals surface area contributed by atoms with Crippen LogP contribution in [0.3, 0.4) is 0 Å². The number of thioether (sulfide) groups is 1. The van der Waals surface area contributed by atoms with Crippen molar-refractivity contribution in [3.63, 3.8) is 0 Å². The fourth-order valence-corrected chi connectivity index (χ4v) is 4.69. The first-order valence-electron chi connectivity index (χ1n) is 10.8. The minimum absolute atomic E-state index is 0.883. The third kappa shape index (κ3) is 4.53. The van der Waals surface area contributed by atoms with Gasteiger partial charge in [-0.3, -0.25) is 4.99 Å². The Hall–Kier alpha value is -3.56. The number of aliphatic imine (C=N–C) groups is 1. The molecule has 0 amide bonds. The molecule has 1 aliphatic rings. The number of para-hydroxylation sites is 1. The van der Waals surface area contributed by atoms with Crippen LogP contribution in [0.2, 0.25) is 0 Å². The van der Waals surface area contributed by atoms with Crippen LogP contribution >= 0.6 is 11.8 Å². The van der Waals surface area contributed by atoms with E-state index in [9.17, 15) is 0 Å². The largest absolute Gasteiger partial charge is 0.354 e. The first kappa shape index (κ1) is 20.3. The summed E-state index contributed by atoms with van der Waals surface area (Å²) in [6, 6.07) is 38.1. The lowest BCUT2D eigenvalue weighted by atomic mass is 9.95. The summed E-state index contributed by atoms with van der Waals surface area (Å²) in [5, 5.41) is 4.90. The molecule has 0 unspecified atom stereocenters. The van der Waals surface area contributed by atoms with Crippen molar-refractivity contribution < 1.29 is 0 Å². The highest BCUT2D eigenvalue weighted by Gasteiger charge is 2.15. The Kier molecular flexibility index (Phi) is 6.18. The number of nitrogens with one attached hydrogen (secondary N) is 1. The van der Waals surface area contributed by atoms with Crippen LogP contribution in [0.1, 0.15) is 5.56 Å². The molecule has 0 aromatic heterocycles. The fourth-order valence-electron chi connectivity index (χ4n) is 3.91. The molecule has 1 heterocycles. The Bertz CT molecular complexity index is 1190. The summed E-state index contributed by atoms with van der Waals surface area (Å²) in [6.07, 6.45) is 2.18. The Labute approximate surface area is 193 Å². The topological polar surface area (TPSA) is 24.4 Å². The lowest BCUT2D eigenvalue weighted by Gasteiger charge is -2.20. The van der Waals surface area contributed by atoms with Crippen LogP contribution in [0.25, 0.3) is 28.0 Å². The van der Waals surface area contributed by atoms with Crippen LogP contribution in [0.15, 0.2) is 120 Å². The normalized spacial score (nSPS) is 13.6. The molecule has 0 fully saturated rings. The van der Waals surface area contributed by atoms with E-state index in [-0.39, 0.29) is 0 Å². The van der Waals surface area contributed by atoms with E-state index in [0.717, 1.165) is 34.3 Å². The molecule has 3 heteroatoms. The van der Waals surface area contributed by atoms with E-state index < -0.39 is 0 Å². The zero-order valence-corrected chi connectivity index (χ0v) is 18.6. The zero-order chi connectivity index (χ0) is 21.6. The maximum atomic E-state index is 4.67. The van der Waals surface area contributed by atoms with Gasteiger partial charge >= 0.3 is 0 Å².